The molecule has 0 unspecified atom stereocenters. The van der Waals surface area contributed by atoms with E-state index in [0.717, 1.165) is 24.3 Å². The minimum absolute atomic E-state index is 0.00566. The predicted octanol–water partition coefficient (Wildman–Crippen LogP) is 6.23. The van der Waals surface area contributed by atoms with Crippen LogP contribution in [0.15, 0.2) is 18.2 Å². The molecule has 0 amide bonds. The van der Waals surface area contributed by atoms with E-state index in [1.807, 2.05) is 6.07 Å². The number of phenols is 1. The zero-order valence-corrected chi connectivity index (χ0v) is 15.2. The van der Waals surface area contributed by atoms with Gasteiger partial charge in [0.05, 0.1) is 0 Å². The highest BCUT2D eigenvalue weighted by Gasteiger charge is 2.29. The molecule has 0 radical (unpaired) electrons. The Morgan fingerprint density at radius 3 is 2.18 bits per heavy atom. The molecule has 0 aliphatic heterocycles. The Morgan fingerprint density at radius 2 is 1.64 bits per heavy atom. The maximum absolute atomic E-state index is 10.6. The van der Waals surface area contributed by atoms with E-state index in [9.17, 15) is 5.11 Å². The molecule has 1 aliphatic carbocycles. The van der Waals surface area contributed by atoms with Crippen molar-refractivity contribution in [3.8, 4) is 5.75 Å². The van der Waals surface area contributed by atoms with Gasteiger partial charge in [-0.05, 0) is 46.8 Å². The molecule has 1 N–H and O–H groups in total. The van der Waals surface area contributed by atoms with Gasteiger partial charge in [-0.15, -0.1) is 0 Å². The fourth-order valence-corrected chi connectivity index (χ4v) is 4.42. The summed E-state index contributed by atoms with van der Waals surface area (Å²) in [6.07, 6.45) is 9.08. The highest BCUT2D eigenvalue weighted by Crippen LogP contribution is 2.40. The van der Waals surface area contributed by atoms with Crippen LogP contribution in [0.1, 0.15) is 84.3 Å². The van der Waals surface area contributed by atoms with Crippen molar-refractivity contribution in [3.63, 3.8) is 0 Å². The molecule has 2 rings (SSSR count). The quantitative estimate of drug-likeness (QED) is 0.699. The second kappa shape index (κ2) is 6.64. The van der Waals surface area contributed by atoms with Crippen molar-refractivity contribution in [2.75, 3.05) is 0 Å². The van der Waals surface area contributed by atoms with Crippen LogP contribution in [-0.4, -0.2) is 5.11 Å². The van der Waals surface area contributed by atoms with Gasteiger partial charge in [0, 0.05) is 0 Å². The smallest absolute Gasteiger partial charge is 0.119 e. The van der Waals surface area contributed by atoms with Gasteiger partial charge in [-0.3, -0.25) is 0 Å². The van der Waals surface area contributed by atoms with Crippen LogP contribution in [0.25, 0.3) is 0 Å². The average Bonchev–Trinajstić information content (AvgIpc) is 2.36. The fraction of sp³-hybridized carbons (Fsp3) is 0.714. The molecule has 0 atom stereocenters. The average molecular weight is 303 g/mol. The van der Waals surface area contributed by atoms with Crippen LogP contribution in [0.2, 0.25) is 0 Å². The van der Waals surface area contributed by atoms with E-state index in [1.165, 1.54) is 37.7 Å². The summed E-state index contributed by atoms with van der Waals surface area (Å²) in [7, 11) is 0. The van der Waals surface area contributed by atoms with Crippen molar-refractivity contribution in [1.29, 1.82) is 0 Å². The first-order valence-electron chi connectivity index (χ1n) is 9.00. The lowest BCUT2D eigenvalue weighted by Crippen LogP contribution is -2.25. The summed E-state index contributed by atoms with van der Waals surface area (Å²) in [4.78, 5) is 0. The second-order valence-electron chi connectivity index (χ2n) is 9.18. The summed E-state index contributed by atoms with van der Waals surface area (Å²) >= 11 is 0. The van der Waals surface area contributed by atoms with E-state index < -0.39 is 0 Å². The van der Waals surface area contributed by atoms with Gasteiger partial charge in [0.1, 0.15) is 5.75 Å². The van der Waals surface area contributed by atoms with Crippen LogP contribution >= 0.6 is 0 Å². The van der Waals surface area contributed by atoms with Crippen LogP contribution in [0.5, 0.6) is 5.75 Å². The molecular weight excluding hydrogens is 268 g/mol. The molecule has 1 fully saturated rings. The Hall–Kier alpha value is -0.980. The second-order valence-corrected chi connectivity index (χ2v) is 9.18. The minimum Gasteiger partial charge on any atom is -0.508 e. The van der Waals surface area contributed by atoms with Crippen molar-refractivity contribution in [2.24, 2.45) is 11.3 Å². The molecule has 1 heteroatoms. The van der Waals surface area contributed by atoms with E-state index in [0.29, 0.717) is 5.75 Å². The van der Waals surface area contributed by atoms with E-state index in [-0.39, 0.29) is 10.8 Å². The number of aromatic hydroxyl groups is 1. The predicted molar refractivity (Wildman–Crippen MR) is 95.5 cm³/mol. The normalized spacial score (nSPS) is 17.7. The van der Waals surface area contributed by atoms with E-state index >= 15 is 0 Å². The van der Waals surface area contributed by atoms with Gasteiger partial charge in [-0.25, -0.2) is 0 Å². The van der Waals surface area contributed by atoms with Crippen molar-refractivity contribution in [2.45, 2.75) is 85.0 Å². The molecule has 0 saturated heterocycles. The third kappa shape index (κ3) is 4.76. The Kier molecular flexibility index (Phi) is 5.25. The van der Waals surface area contributed by atoms with Gasteiger partial charge in [-0.2, -0.15) is 0 Å². The standard InChI is InChI=1S/C21H34O/c1-20(2,3)15-21(4,5)18-12-11-17(14-19(18)22)13-16-9-7-6-8-10-16/h11-12,14,16,22H,6-10,13,15H2,1-5H3. The Bertz CT molecular complexity index is 487. The molecule has 0 aromatic heterocycles. The molecule has 22 heavy (non-hydrogen) atoms. The molecule has 0 spiro atoms. The summed E-state index contributed by atoms with van der Waals surface area (Å²) in [5.41, 5.74) is 2.66. The van der Waals surface area contributed by atoms with Gasteiger partial charge in [-0.1, -0.05) is 78.9 Å². The summed E-state index contributed by atoms with van der Waals surface area (Å²) in [6, 6.07) is 6.43. The summed E-state index contributed by atoms with van der Waals surface area (Å²) in [6.45, 7) is 11.3. The topological polar surface area (TPSA) is 20.2 Å². The molecule has 124 valence electrons. The number of phenolic OH excluding ortho intramolecular Hbond substituents is 1. The lowest BCUT2D eigenvalue weighted by Gasteiger charge is -2.33. The number of hydrogen-bond donors (Lipinski definition) is 1. The molecule has 0 bridgehead atoms. The van der Waals surface area contributed by atoms with Crippen LogP contribution < -0.4 is 0 Å². The fourth-order valence-electron chi connectivity index (χ4n) is 4.42. The third-order valence-corrected chi connectivity index (χ3v) is 5.01. The summed E-state index contributed by atoms with van der Waals surface area (Å²) in [5, 5.41) is 10.6. The largest absolute Gasteiger partial charge is 0.508 e. The van der Waals surface area contributed by atoms with E-state index in [1.54, 1.807) is 0 Å². The molecular formula is C21H34O. The number of hydrogen-bond acceptors (Lipinski definition) is 1. The maximum atomic E-state index is 10.6. The zero-order chi connectivity index (χ0) is 16.4. The molecule has 1 aliphatic rings. The van der Waals surface area contributed by atoms with Crippen molar-refractivity contribution in [1.82, 2.24) is 0 Å². The molecule has 1 aromatic carbocycles. The van der Waals surface area contributed by atoms with E-state index in [4.69, 9.17) is 0 Å². The molecule has 1 saturated carbocycles. The summed E-state index contributed by atoms with van der Waals surface area (Å²) in [5.74, 6) is 1.31. The molecule has 0 heterocycles. The Morgan fingerprint density at radius 1 is 1.00 bits per heavy atom. The molecule has 1 nitrogen and oxygen atoms in total. The zero-order valence-electron chi connectivity index (χ0n) is 15.2. The lowest BCUT2D eigenvalue weighted by atomic mass is 9.72. The first-order valence-corrected chi connectivity index (χ1v) is 9.00. The van der Waals surface area contributed by atoms with Crippen LogP contribution in [0.4, 0.5) is 0 Å². The summed E-state index contributed by atoms with van der Waals surface area (Å²) < 4.78 is 0. The van der Waals surface area contributed by atoms with Crippen molar-refractivity contribution in [3.05, 3.63) is 29.3 Å². The Balaban J connectivity index is 2.11. The van der Waals surface area contributed by atoms with Gasteiger partial charge < -0.3 is 5.11 Å². The minimum atomic E-state index is 0.00566. The maximum Gasteiger partial charge on any atom is 0.119 e. The van der Waals surface area contributed by atoms with Crippen LogP contribution in [0, 0.1) is 11.3 Å². The number of benzene rings is 1. The first kappa shape index (κ1) is 17.4. The van der Waals surface area contributed by atoms with Crippen molar-refractivity contribution < 1.29 is 5.11 Å². The van der Waals surface area contributed by atoms with E-state index in [2.05, 4.69) is 46.8 Å². The third-order valence-electron chi connectivity index (χ3n) is 5.01. The SMILES string of the molecule is CC(C)(C)CC(C)(C)c1ccc(CC2CCCCC2)cc1O. The number of rotatable bonds is 4. The van der Waals surface area contributed by atoms with Gasteiger partial charge >= 0.3 is 0 Å². The van der Waals surface area contributed by atoms with Gasteiger partial charge in [0.15, 0.2) is 0 Å². The highest BCUT2D eigenvalue weighted by atomic mass is 16.3. The van der Waals surface area contributed by atoms with Gasteiger partial charge in [0.2, 0.25) is 0 Å². The monoisotopic (exact) mass is 302 g/mol. The van der Waals surface area contributed by atoms with Crippen LogP contribution in [-0.2, 0) is 11.8 Å². The Labute approximate surface area is 137 Å². The van der Waals surface area contributed by atoms with Crippen molar-refractivity contribution >= 4 is 0 Å². The highest BCUT2D eigenvalue weighted by molar-refractivity contribution is 5.41. The lowest BCUT2D eigenvalue weighted by molar-refractivity contribution is 0.278. The van der Waals surface area contributed by atoms with Gasteiger partial charge in [0.25, 0.3) is 0 Å². The first-order chi connectivity index (χ1) is 10.2. The molecule has 1 aromatic rings. The van der Waals surface area contributed by atoms with Crippen LogP contribution in [0.3, 0.4) is 0 Å².